The number of rotatable bonds is 8. The molecule has 0 unspecified atom stereocenters. The average molecular weight is 293 g/mol. The van der Waals surface area contributed by atoms with E-state index in [0.29, 0.717) is 19.0 Å². The number of H-pyrrole nitrogens is 1. The molecular weight excluding hydrogens is 274 g/mol. The van der Waals surface area contributed by atoms with Crippen molar-refractivity contribution in [3.8, 4) is 5.75 Å². The monoisotopic (exact) mass is 293 g/mol. The molecule has 0 bridgehead atoms. The van der Waals surface area contributed by atoms with Gasteiger partial charge in [-0.05, 0) is 19.1 Å². The van der Waals surface area contributed by atoms with E-state index in [1.165, 1.54) is 11.7 Å². The third-order valence-electron chi connectivity index (χ3n) is 2.91. The van der Waals surface area contributed by atoms with E-state index in [2.05, 4.69) is 10.2 Å². The zero-order chi connectivity index (χ0) is 15.1. The highest BCUT2D eigenvalue weighted by Gasteiger charge is 2.16. The number of benzene rings is 1. The van der Waals surface area contributed by atoms with Gasteiger partial charge in [0.15, 0.2) is 5.82 Å². The number of methoxy groups -OCH3 is 1. The molecule has 0 aliphatic heterocycles. The molecule has 21 heavy (non-hydrogen) atoms. The molecule has 1 aromatic carbocycles. The molecule has 0 fully saturated rings. The van der Waals surface area contributed by atoms with Crippen molar-refractivity contribution in [2.75, 3.05) is 20.5 Å². The van der Waals surface area contributed by atoms with Gasteiger partial charge in [-0.1, -0.05) is 18.2 Å². The van der Waals surface area contributed by atoms with Gasteiger partial charge in [0, 0.05) is 7.11 Å². The van der Waals surface area contributed by atoms with E-state index in [1.807, 2.05) is 37.3 Å². The average Bonchev–Trinajstić information content (AvgIpc) is 2.87. The number of nitrogens with zero attached hydrogens (tertiary/aromatic N) is 2. The van der Waals surface area contributed by atoms with E-state index >= 15 is 0 Å². The minimum Gasteiger partial charge on any atom is -0.492 e. The number of hydrogen-bond donors (Lipinski definition) is 1. The van der Waals surface area contributed by atoms with Crippen LogP contribution in [-0.4, -0.2) is 35.3 Å². The van der Waals surface area contributed by atoms with Crippen LogP contribution >= 0.6 is 0 Å². The van der Waals surface area contributed by atoms with E-state index in [-0.39, 0.29) is 18.6 Å². The Morgan fingerprint density at radius 2 is 2.10 bits per heavy atom. The summed E-state index contributed by atoms with van der Waals surface area (Å²) in [5.41, 5.74) is -0.283. The Morgan fingerprint density at radius 1 is 1.33 bits per heavy atom. The second-order valence-electron chi connectivity index (χ2n) is 4.42. The molecule has 0 amide bonds. The summed E-state index contributed by atoms with van der Waals surface area (Å²) in [6, 6.07) is 9.43. The van der Waals surface area contributed by atoms with Gasteiger partial charge in [0.2, 0.25) is 0 Å². The molecule has 1 heterocycles. The van der Waals surface area contributed by atoms with Gasteiger partial charge < -0.3 is 14.2 Å². The molecule has 2 aromatic rings. The van der Waals surface area contributed by atoms with E-state index in [0.717, 1.165) is 5.75 Å². The molecule has 1 atom stereocenters. The Morgan fingerprint density at radius 3 is 2.81 bits per heavy atom. The van der Waals surface area contributed by atoms with Crippen molar-refractivity contribution in [3.63, 3.8) is 0 Å². The lowest BCUT2D eigenvalue weighted by Gasteiger charge is -2.13. The molecular formula is C14H19N3O4. The summed E-state index contributed by atoms with van der Waals surface area (Å²) < 4.78 is 17.3. The Labute approximate surface area is 122 Å². The van der Waals surface area contributed by atoms with Crippen LogP contribution in [0.15, 0.2) is 35.1 Å². The zero-order valence-electron chi connectivity index (χ0n) is 12.1. The molecule has 1 N–H and O–H groups in total. The van der Waals surface area contributed by atoms with Crippen molar-refractivity contribution in [3.05, 3.63) is 46.6 Å². The van der Waals surface area contributed by atoms with Crippen LogP contribution < -0.4 is 10.4 Å². The van der Waals surface area contributed by atoms with Crippen LogP contribution in [0.1, 0.15) is 18.9 Å². The van der Waals surface area contributed by atoms with Gasteiger partial charge >= 0.3 is 5.69 Å². The molecule has 0 aliphatic carbocycles. The standard InChI is InChI=1S/C14H19N3O4/c1-11(21-10-19-2)13-15-16-14(18)17(13)8-9-20-12-6-4-3-5-7-12/h3-7,11H,8-10H2,1-2H3,(H,16,18)/t11-/m0/s1. The fourth-order valence-corrected chi connectivity index (χ4v) is 1.87. The molecule has 7 nitrogen and oxygen atoms in total. The van der Waals surface area contributed by atoms with Crippen molar-refractivity contribution >= 4 is 0 Å². The minimum absolute atomic E-state index is 0.142. The number of aromatic nitrogens is 3. The van der Waals surface area contributed by atoms with E-state index in [1.54, 1.807) is 0 Å². The van der Waals surface area contributed by atoms with Gasteiger partial charge in [0.05, 0.1) is 6.54 Å². The third-order valence-corrected chi connectivity index (χ3v) is 2.91. The van der Waals surface area contributed by atoms with Crippen LogP contribution in [0, 0.1) is 0 Å². The second kappa shape index (κ2) is 7.61. The van der Waals surface area contributed by atoms with Crippen LogP contribution in [0.3, 0.4) is 0 Å². The van der Waals surface area contributed by atoms with E-state index in [4.69, 9.17) is 14.2 Å². The summed E-state index contributed by atoms with van der Waals surface area (Å²) >= 11 is 0. The lowest BCUT2D eigenvalue weighted by Crippen LogP contribution is -2.24. The smallest absolute Gasteiger partial charge is 0.343 e. The molecule has 0 aliphatic rings. The Balaban J connectivity index is 1.96. The highest BCUT2D eigenvalue weighted by Crippen LogP contribution is 2.12. The van der Waals surface area contributed by atoms with Crippen LogP contribution in [0.2, 0.25) is 0 Å². The summed E-state index contributed by atoms with van der Waals surface area (Å²) in [6.45, 7) is 2.71. The summed E-state index contributed by atoms with van der Waals surface area (Å²) in [4.78, 5) is 11.8. The number of ether oxygens (including phenoxy) is 3. The maximum Gasteiger partial charge on any atom is 0.343 e. The summed E-state index contributed by atoms with van der Waals surface area (Å²) in [6.07, 6.45) is -0.347. The van der Waals surface area contributed by atoms with Gasteiger partial charge in [0.1, 0.15) is 25.3 Å². The first-order valence-electron chi connectivity index (χ1n) is 6.66. The maximum absolute atomic E-state index is 11.8. The van der Waals surface area contributed by atoms with Gasteiger partial charge in [-0.3, -0.25) is 4.57 Å². The number of hydrogen-bond acceptors (Lipinski definition) is 5. The fourth-order valence-electron chi connectivity index (χ4n) is 1.87. The van der Waals surface area contributed by atoms with Crippen molar-refractivity contribution < 1.29 is 14.2 Å². The summed E-state index contributed by atoms with van der Waals surface area (Å²) in [7, 11) is 1.54. The largest absolute Gasteiger partial charge is 0.492 e. The van der Waals surface area contributed by atoms with Crippen LogP contribution in [0.25, 0.3) is 0 Å². The minimum atomic E-state index is -0.347. The van der Waals surface area contributed by atoms with E-state index < -0.39 is 0 Å². The molecule has 0 spiro atoms. The first kappa shape index (κ1) is 15.3. The maximum atomic E-state index is 11.8. The van der Waals surface area contributed by atoms with Crippen LogP contribution in [0.4, 0.5) is 0 Å². The molecule has 7 heteroatoms. The lowest BCUT2D eigenvalue weighted by atomic mass is 10.3. The Bertz CT molecular complexity index is 594. The predicted octanol–water partition coefficient (Wildman–Crippen LogP) is 1.33. The third kappa shape index (κ3) is 4.17. The molecule has 0 radical (unpaired) electrons. The Hall–Kier alpha value is -2.12. The van der Waals surface area contributed by atoms with Gasteiger partial charge in [0.25, 0.3) is 0 Å². The highest BCUT2D eigenvalue weighted by molar-refractivity contribution is 5.20. The van der Waals surface area contributed by atoms with Crippen LogP contribution in [-0.2, 0) is 16.0 Å². The highest BCUT2D eigenvalue weighted by atomic mass is 16.7. The zero-order valence-corrected chi connectivity index (χ0v) is 12.1. The number of aromatic amines is 1. The van der Waals surface area contributed by atoms with Crippen molar-refractivity contribution in [1.29, 1.82) is 0 Å². The quantitative estimate of drug-likeness (QED) is 0.743. The fraction of sp³-hybridized carbons (Fsp3) is 0.429. The topological polar surface area (TPSA) is 78.4 Å². The SMILES string of the molecule is COCO[C@@H](C)c1n[nH]c(=O)n1CCOc1ccccc1. The van der Waals surface area contributed by atoms with Crippen LogP contribution in [0.5, 0.6) is 5.75 Å². The molecule has 0 saturated heterocycles. The lowest BCUT2D eigenvalue weighted by molar-refractivity contribution is -0.0705. The summed E-state index contributed by atoms with van der Waals surface area (Å²) in [5, 5.41) is 6.41. The molecule has 0 saturated carbocycles. The normalized spacial score (nSPS) is 12.3. The van der Waals surface area contributed by atoms with E-state index in [9.17, 15) is 4.79 Å². The second-order valence-corrected chi connectivity index (χ2v) is 4.42. The van der Waals surface area contributed by atoms with Crippen molar-refractivity contribution in [2.24, 2.45) is 0 Å². The predicted molar refractivity (Wildman–Crippen MR) is 76.2 cm³/mol. The first-order chi connectivity index (χ1) is 10.2. The Kier molecular flexibility index (Phi) is 5.53. The molecule has 2 rings (SSSR count). The van der Waals surface area contributed by atoms with Crippen molar-refractivity contribution in [1.82, 2.24) is 14.8 Å². The molecule has 114 valence electrons. The summed E-state index contributed by atoms with van der Waals surface area (Å²) in [5.74, 6) is 1.29. The first-order valence-corrected chi connectivity index (χ1v) is 6.66. The van der Waals surface area contributed by atoms with Gasteiger partial charge in [-0.15, -0.1) is 0 Å². The number of nitrogens with one attached hydrogen (secondary N) is 1. The number of para-hydroxylation sites is 1. The van der Waals surface area contributed by atoms with Gasteiger partial charge in [-0.2, -0.15) is 5.10 Å². The van der Waals surface area contributed by atoms with Gasteiger partial charge in [-0.25, -0.2) is 9.89 Å². The van der Waals surface area contributed by atoms with Crippen molar-refractivity contribution in [2.45, 2.75) is 19.6 Å². The molecule has 1 aromatic heterocycles.